The number of rotatable bonds is 4. The topological polar surface area (TPSA) is 41.1 Å². The summed E-state index contributed by atoms with van der Waals surface area (Å²) < 4.78 is 13.5. The minimum absolute atomic E-state index is 0.0770. The average Bonchev–Trinajstić information content (AvgIpc) is 2.48. The molecular formula is C16H23FN2O. The van der Waals surface area contributed by atoms with Crippen molar-refractivity contribution in [3.05, 3.63) is 35.1 Å². The van der Waals surface area contributed by atoms with Crippen LogP contribution in [-0.4, -0.2) is 19.0 Å². The van der Waals surface area contributed by atoms with E-state index in [9.17, 15) is 9.18 Å². The Labute approximate surface area is 120 Å². The quantitative estimate of drug-likeness (QED) is 0.888. The van der Waals surface area contributed by atoms with Gasteiger partial charge in [-0.25, -0.2) is 4.39 Å². The van der Waals surface area contributed by atoms with Gasteiger partial charge in [-0.15, -0.1) is 0 Å². The van der Waals surface area contributed by atoms with E-state index >= 15 is 0 Å². The van der Waals surface area contributed by atoms with Gasteiger partial charge < -0.3 is 10.6 Å². The van der Waals surface area contributed by atoms with Gasteiger partial charge in [-0.05, 0) is 49.9 Å². The third-order valence-electron chi connectivity index (χ3n) is 4.32. The maximum Gasteiger partial charge on any atom is 0.227 e. The van der Waals surface area contributed by atoms with E-state index in [0.717, 1.165) is 37.9 Å². The minimum atomic E-state index is -0.304. The van der Waals surface area contributed by atoms with Crippen LogP contribution in [-0.2, 0) is 11.3 Å². The fourth-order valence-corrected chi connectivity index (χ4v) is 2.74. The van der Waals surface area contributed by atoms with E-state index in [1.54, 1.807) is 13.0 Å². The largest absolute Gasteiger partial charge is 0.352 e. The van der Waals surface area contributed by atoms with Crippen LogP contribution in [0.5, 0.6) is 0 Å². The lowest BCUT2D eigenvalue weighted by Gasteiger charge is -2.35. The number of hydrogen-bond donors (Lipinski definition) is 2. The van der Waals surface area contributed by atoms with Crippen LogP contribution < -0.4 is 10.6 Å². The van der Waals surface area contributed by atoms with E-state index < -0.39 is 0 Å². The molecule has 0 saturated carbocycles. The number of benzene rings is 1. The van der Waals surface area contributed by atoms with Crippen LogP contribution in [0.3, 0.4) is 0 Å². The number of carbonyl (C=O) groups is 1. The molecule has 20 heavy (non-hydrogen) atoms. The Morgan fingerprint density at radius 3 is 2.90 bits per heavy atom. The first-order chi connectivity index (χ1) is 9.57. The molecule has 1 aromatic carbocycles. The van der Waals surface area contributed by atoms with Crippen molar-refractivity contribution in [2.45, 2.75) is 39.7 Å². The third-order valence-corrected chi connectivity index (χ3v) is 4.32. The number of aryl methyl sites for hydroxylation is 1. The zero-order valence-corrected chi connectivity index (χ0v) is 12.3. The Morgan fingerprint density at radius 2 is 2.30 bits per heavy atom. The second-order valence-corrected chi connectivity index (χ2v) is 5.68. The zero-order chi connectivity index (χ0) is 14.6. The average molecular weight is 278 g/mol. The summed E-state index contributed by atoms with van der Waals surface area (Å²) in [5.41, 5.74) is 1.12. The van der Waals surface area contributed by atoms with Gasteiger partial charge in [-0.1, -0.05) is 19.1 Å². The second-order valence-electron chi connectivity index (χ2n) is 5.68. The summed E-state index contributed by atoms with van der Waals surface area (Å²) in [5, 5.41) is 6.26. The molecule has 0 radical (unpaired) electrons. The maximum absolute atomic E-state index is 13.5. The lowest BCUT2D eigenvalue weighted by atomic mass is 9.77. The second kappa shape index (κ2) is 6.35. The van der Waals surface area contributed by atoms with Gasteiger partial charge in [-0.3, -0.25) is 4.79 Å². The SMILES string of the molecule is CCC1(C(=O)NCc2ccc(C)c(F)c2)CCCNC1. The van der Waals surface area contributed by atoms with Gasteiger partial charge in [0, 0.05) is 13.1 Å². The molecule has 0 spiro atoms. The van der Waals surface area contributed by atoms with E-state index in [1.807, 2.05) is 6.07 Å². The zero-order valence-electron chi connectivity index (χ0n) is 12.3. The van der Waals surface area contributed by atoms with E-state index in [2.05, 4.69) is 17.6 Å². The van der Waals surface area contributed by atoms with Crippen molar-refractivity contribution in [3.63, 3.8) is 0 Å². The van der Waals surface area contributed by atoms with Crippen molar-refractivity contribution in [2.24, 2.45) is 5.41 Å². The van der Waals surface area contributed by atoms with Gasteiger partial charge in [0.1, 0.15) is 5.82 Å². The van der Waals surface area contributed by atoms with Crippen LogP contribution in [0.15, 0.2) is 18.2 Å². The molecule has 1 aliphatic heterocycles. The predicted molar refractivity (Wildman–Crippen MR) is 77.8 cm³/mol. The minimum Gasteiger partial charge on any atom is -0.352 e. The molecule has 2 N–H and O–H groups in total. The van der Waals surface area contributed by atoms with Gasteiger partial charge in [0.25, 0.3) is 0 Å². The Balaban J connectivity index is 1.98. The molecule has 3 nitrogen and oxygen atoms in total. The summed E-state index contributed by atoms with van der Waals surface area (Å²) in [5.74, 6) is -0.144. The standard InChI is InChI=1S/C16H23FN2O/c1-3-16(7-4-8-18-11-16)15(20)19-10-13-6-5-12(2)14(17)9-13/h5-6,9,18H,3-4,7-8,10-11H2,1-2H3,(H,19,20). The molecule has 1 atom stereocenters. The van der Waals surface area contributed by atoms with Gasteiger partial charge >= 0.3 is 0 Å². The van der Waals surface area contributed by atoms with Crippen molar-refractivity contribution >= 4 is 5.91 Å². The Morgan fingerprint density at radius 1 is 1.50 bits per heavy atom. The van der Waals surface area contributed by atoms with Gasteiger partial charge in [-0.2, -0.15) is 0 Å². The van der Waals surface area contributed by atoms with Crippen molar-refractivity contribution in [2.75, 3.05) is 13.1 Å². The van der Waals surface area contributed by atoms with Crippen molar-refractivity contribution in [1.82, 2.24) is 10.6 Å². The highest BCUT2D eigenvalue weighted by atomic mass is 19.1. The molecule has 1 amide bonds. The van der Waals surface area contributed by atoms with Crippen molar-refractivity contribution in [1.29, 1.82) is 0 Å². The molecule has 1 fully saturated rings. The molecule has 1 aromatic rings. The fourth-order valence-electron chi connectivity index (χ4n) is 2.74. The molecule has 0 bridgehead atoms. The number of amides is 1. The van der Waals surface area contributed by atoms with Crippen LogP contribution in [0.1, 0.15) is 37.3 Å². The van der Waals surface area contributed by atoms with Crippen LogP contribution in [0, 0.1) is 18.2 Å². The molecule has 4 heteroatoms. The molecule has 0 aliphatic carbocycles. The molecule has 1 saturated heterocycles. The van der Waals surface area contributed by atoms with Crippen molar-refractivity contribution < 1.29 is 9.18 Å². The molecule has 1 heterocycles. The highest BCUT2D eigenvalue weighted by molar-refractivity contribution is 5.83. The van der Waals surface area contributed by atoms with Crippen LogP contribution in [0.25, 0.3) is 0 Å². The highest BCUT2D eigenvalue weighted by Gasteiger charge is 2.37. The molecule has 1 unspecified atom stereocenters. The van der Waals surface area contributed by atoms with Crippen molar-refractivity contribution in [3.8, 4) is 0 Å². The lowest BCUT2D eigenvalue weighted by Crippen LogP contribution is -2.50. The summed E-state index contributed by atoms with van der Waals surface area (Å²) in [7, 11) is 0. The first-order valence-electron chi connectivity index (χ1n) is 7.31. The molecule has 110 valence electrons. The predicted octanol–water partition coefficient (Wildman–Crippen LogP) is 2.53. The smallest absolute Gasteiger partial charge is 0.227 e. The first-order valence-corrected chi connectivity index (χ1v) is 7.31. The van der Waals surface area contributed by atoms with E-state index in [-0.39, 0.29) is 17.1 Å². The molecule has 2 rings (SSSR count). The lowest BCUT2D eigenvalue weighted by molar-refractivity contribution is -0.132. The fraction of sp³-hybridized carbons (Fsp3) is 0.562. The van der Waals surface area contributed by atoms with Gasteiger partial charge in [0.05, 0.1) is 5.41 Å². The number of nitrogens with one attached hydrogen (secondary N) is 2. The van der Waals surface area contributed by atoms with Crippen LogP contribution in [0.2, 0.25) is 0 Å². The highest BCUT2D eigenvalue weighted by Crippen LogP contribution is 2.30. The Bertz CT molecular complexity index is 481. The Hall–Kier alpha value is -1.42. The monoisotopic (exact) mass is 278 g/mol. The maximum atomic E-state index is 13.5. The number of piperidine rings is 1. The van der Waals surface area contributed by atoms with Crippen LogP contribution >= 0.6 is 0 Å². The summed E-state index contributed by atoms with van der Waals surface area (Å²) in [4.78, 5) is 12.4. The van der Waals surface area contributed by atoms with Gasteiger partial charge in [0.15, 0.2) is 0 Å². The summed E-state index contributed by atoms with van der Waals surface area (Å²) in [6, 6.07) is 5.10. The van der Waals surface area contributed by atoms with E-state index in [1.165, 1.54) is 6.07 Å². The number of hydrogen-bond acceptors (Lipinski definition) is 2. The molecular weight excluding hydrogens is 255 g/mol. The Kier molecular flexibility index (Phi) is 4.76. The van der Waals surface area contributed by atoms with E-state index in [4.69, 9.17) is 0 Å². The summed E-state index contributed by atoms with van der Waals surface area (Å²) in [6.07, 6.45) is 2.78. The van der Waals surface area contributed by atoms with Gasteiger partial charge in [0.2, 0.25) is 5.91 Å². The normalized spacial score (nSPS) is 22.6. The number of carbonyl (C=O) groups excluding carboxylic acids is 1. The molecule has 0 aromatic heterocycles. The summed E-state index contributed by atoms with van der Waals surface area (Å²) >= 11 is 0. The first kappa shape index (κ1) is 15.0. The third kappa shape index (κ3) is 3.18. The van der Waals surface area contributed by atoms with E-state index in [0.29, 0.717) is 12.1 Å². The number of halogens is 1. The summed E-state index contributed by atoms with van der Waals surface area (Å²) in [6.45, 7) is 5.89. The molecule has 1 aliphatic rings. The van der Waals surface area contributed by atoms with Crippen LogP contribution in [0.4, 0.5) is 4.39 Å².